The lowest BCUT2D eigenvalue weighted by molar-refractivity contribution is 0.418. The summed E-state index contributed by atoms with van der Waals surface area (Å²) in [6.45, 7) is 7.28. The standard InChI is InChI=1S/C12H18BrN3/c1-12(2)3-4-16(8-12)11-9(6-14)5-10(13)7-15-11/h5,7H,3-4,6,8,14H2,1-2H3. The first-order valence-electron chi connectivity index (χ1n) is 5.61. The van der Waals surface area contributed by atoms with Crippen molar-refractivity contribution in [1.29, 1.82) is 0 Å². The Bertz CT molecular complexity index is 390. The van der Waals surface area contributed by atoms with Crippen molar-refractivity contribution in [1.82, 2.24) is 4.98 Å². The molecule has 2 N–H and O–H groups in total. The third-order valence-electron chi connectivity index (χ3n) is 3.11. The van der Waals surface area contributed by atoms with Gasteiger partial charge in [0.1, 0.15) is 5.82 Å². The van der Waals surface area contributed by atoms with Crippen LogP contribution in [0.1, 0.15) is 25.8 Å². The second-order valence-electron chi connectivity index (χ2n) is 5.18. The zero-order valence-electron chi connectivity index (χ0n) is 9.83. The summed E-state index contributed by atoms with van der Waals surface area (Å²) in [6, 6.07) is 2.06. The molecular formula is C12H18BrN3. The fraction of sp³-hybridized carbons (Fsp3) is 0.583. The van der Waals surface area contributed by atoms with Gasteiger partial charge in [-0.25, -0.2) is 4.98 Å². The molecule has 0 bridgehead atoms. The summed E-state index contributed by atoms with van der Waals surface area (Å²) in [5.41, 5.74) is 7.27. The molecule has 0 unspecified atom stereocenters. The Morgan fingerprint density at radius 3 is 2.88 bits per heavy atom. The largest absolute Gasteiger partial charge is 0.356 e. The quantitative estimate of drug-likeness (QED) is 0.907. The molecular weight excluding hydrogens is 266 g/mol. The Balaban J connectivity index is 2.27. The van der Waals surface area contributed by atoms with E-state index in [4.69, 9.17) is 5.73 Å². The molecule has 1 aliphatic heterocycles. The lowest BCUT2D eigenvalue weighted by atomic mass is 9.93. The molecule has 1 fully saturated rings. The van der Waals surface area contributed by atoms with E-state index >= 15 is 0 Å². The first kappa shape index (κ1) is 11.9. The van der Waals surface area contributed by atoms with Crippen LogP contribution >= 0.6 is 15.9 Å². The number of aromatic nitrogens is 1. The molecule has 1 aromatic heterocycles. The molecule has 0 atom stereocenters. The summed E-state index contributed by atoms with van der Waals surface area (Å²) in [5, 5.41) is 0. The van der Waals surface area contributed by atoms with E-state index in [0.29, 0.717) is 12.0 Å². The maximum absolute atomic E-state index is 5.77. The highest BCUT2D eigenvalue weighted by Crippen LogP contribution is 2.33. The number of hydrogen-bond acceptors (Lipinski definition) is 3. The Morgan fingerprint density at radius 2 is 2.31 bits per heavy atom. The Morgan fingerprint density at radius 1 is 1.56 bits per heavy atom. The molecule has 0 radical (unpaired) electrons. The number of anilines is 1. The van der Waals surface area contributed by atoms with Gasteiger partial charge in [0.15, 0.2) is 0 Å². The molecule has 0 aliphatic carbocycles. The van der Waals surface area contributed by atoms with Gasteiger partial charge in [-0.2, -0.15) is 0 Å². The van der Waals surface area contributed by atoms with Crippen LogP contribution in [0, 0.1) is 5.41 Å². The van der Waals surface area contributed by atoms with Crippen molar-refractivity contribution in [2.24, 2.45) is 11.1 Å². The highest BCUT2D eigenvalue weighted by atomic mass is 79.9. The fourth-order valence-corrected chi connectivity index (χ4v) is 2.58. The molecule has 1 aliphatic rings. The first-order chi connectivity index (χ1) is 7.52. The van der Waals surface area contributed by atoms with Crippen LogP contribution in [0.4, 0.5) is 5.82 Å². The normalized spacial score (nSPS) is 19.1. The molecule has 0 aromatic carbocycles. The molecule has 16 heavy (non-hydrogen) atoms. The van der Waals surface area contributed by atoms with Crippen molar-refractivity contribution >= 4 is 21.7 Å². The highest BCUT2D eigenvalue weighted by molar-refractivity contribution is 9.10. The predicted octanol–water partition coefficient (Wildman–Crippen LogP) is 2.54. The van der Waals surface area contributed by atoms with Gasteiger partial charge in [0.2, 0.25) is 0 Å². The Hall–Kier alpha value is -0.610. The molecule has 2 heterocycles. The van der Waals surface area contributed by atoms with Crippen molar-refractivity contribution in [3.63, 3.8) is 0 Å². The first-order valence-corrected chi connectivity index (χ1v) is 6.40. The SMILES string of the molecule is CC1(C)CCN(c2ncc(Br)cc2CN)C1. The molecule has 0 amide bonds. The third kappa shape index (κ3) is 2.38. The monoisotopic (exact) mass is 283 g/mol. The van der Waals surface area contributed by atoms with Crippen molar-refractivity contribution in [3.8, 4) is 0 Å². The molecule has 1 aromatic rings. The van der Waals surface area contributed by atoms with Crippen molar-refractivity contribution in [2.45, 2.75) is 26.8 Å². The van der Waals surface area contributed by atoms with E-state index in [1.165, 1.54) is 6.42 Å². The van der Waals surface area contributed by atoms with Gasteiger partial charge in [-0.3, -0.25) is 0 Å². The molecule has 4 heteroatoms. The zero-order chi connectivity index (χ0) is 11.8. The van der Waals surface area contributed by atoms with Gasteiger partial charge in [0.05, 0.1) is 0 Å². The lowest BCUT2D eigenvalue weighted by Gasteiger charge is -2.22. The summed E-state index contributed by atoms with van der Waals surface area (Å²) < 4.78 is 0.996. The Labute approximate surface area is 105 Å². The maximum Gasteiger partial charge on any atom is 0.133 e. The topological polar surface area (TPSA) is 42.2 Å². The molecule has 0 saturated carbocycles. The second-order valence-corrected chi connectivity index (χ2v) is 6.09. The van der Waals surface area contributed by atoms with Crippen LogP contribution < -0.4 is 10.6 Å². The minimum atomic E-state index is 0.390. The number of rotatable bonds is 2. The Kier molecular flexibility index (Phi) is 3.22. The molecule has 3 nitrogen and oxygen atoms in total. The summed E-state index contributed by atoms with van der Waals surface area (Å²) in [5.74, 6) is 1.05. The minimum absolute atomic E-state index is 0.390. The molecule has 88 valence electrons. The van der Waals surface area contributed by atoms with Gasteiger partial charge in [-0.15, -0.1) is 0 Å². The van der Waals surface area contributed by atoms with Crippen LogP contribution in [0.5, 0.6) is 0 Å². The van der Waals surface area contributed by atoms with E-state index < -0.39 is 0 Å². The van der Waals surface area contributed by atoms with Gasteiger partial charge in [0, 0.05) is 35.9 Å². The highest BCUT2D eigenvalue weighted by Gasteiger charge is 2.30. The summed E-state index contributed by atoms with van der Waals surface area (Å²) in [4.78, 5) is 6.84. The summed E-state index contributed by atoms with van der Waals surface area (Å²) in [6.07, 6.45) is 3.06. The fourth-order valence-electron chi connectivity index (χ4n) is 2.20. The smallest absolute Gasteiger partial charge is 0.133 e. The maximum atomic E-state index is 5.77. The van der Waals surface area contributed by atoms with E-state index in [0.717, 1.165) is 28.9 Å². The van der Waals surface area contributed by atoms with E-state index in [9.17, 15) is 0 Å². The van der Waals surface area contributed by atoms with Crippen LogP contribution in [-0.4, -0.2) is 18.1 Å². The number of nitrogens with two attached hydrogens (primary N) is 1. The molecule has 1 saturated heterocycles. The second kappa shape index (κ2) is 4.34. The van der Waals surface area contributed by atoms with E-state index in [2.05, 4.69) is 45.7 Å². The predicted molar refractivity (Wildman–Crippen MR) is 70.4 cm³/mol. The van der Waals surface area contributed by atoms with Gasteiger partial charge in [0.25, 0.3) is 0 Å². The van der Waals surface area contributed by atoms with Crippen LogP contribution in [0.25, 0.3) is 0 Å². The van der Waals surface area contributed by atoms with Crippen molar-refractivity contribution in [2.75, 3.05) is 18.0 Å². The van der Waals surface area contributed by atoms with Gasteiger partial charge in [-0.1, -0.05) is 13.8 Å². The summed E-state index contributed by atoms with van der Waals surface area (Å²) >= 11 is 3.43. The van der Waals surface area contributed by atoms with Crippen LogP contribution in [0.3, 0.4) is 0 Å². The average Bonchev–Trinajstić information content (AvgIpc) is 2.58. The van der Waals surface area contributed by atoms with Crippen LogP contribution in [-0.2, 0) is 6.54 Å². The average molecular weight is 284 g/mol. The number of hydrogen-bond donors (Lipinski definition) is 1. The van der Waals surface area contributed by atoms with E-state index in [-0.39, 0.29) is 0 Å². The lowest BCUT2D eigenvalue weighted by Crippen LogP contribution is -2.25. The van der Waals surface area contributed by atoms with E-state index in [1.54, 1.807) is 0 Å². The molecule has 2 rings (SSSR count). The van der Waals surface area contributed by atoms with Crippen molar-refractivity contribution in [3.05, 3.63) is 22.3 Å². The zero-order valence-corrected chi connectivity index (χ0v) is 11.4. The van der Waals surface area contributed by atoms with Gasteiger partial charge < -0.3 is 10.6 Å². The van der Waals surface area contributed by atoms with Gasteiger partial charge in [-0.05, 0) is 33.8 Å². The number of pyridine rings is 1. The van der Waals surface area contributed by atoms with Crippen molar-refractivity contribution < 1.29 is 0 Å². The molecule has 0 spiro atoms. The van der Waals surface area contributed by atoms with E-state index in [1.807, 2.05) is 6.20 Å². The number of nitrogens with zero attached hydrogens (tertiary/aromatic N) is 2. The third-order valence-corrected chi connectivity index (χ3v) is 3.54. The van der Waals surface area contributed by atoms with Gasteiger partial charge >= 0.3 is 0 Å². The van der Waals surface area contributed by atoms with Crippen LogP contribution in [0.2, 0.25) is 0 Å². The summed E-state index contributed by atoms with van der Waals surface area (Å²) in [7, 11) is 0. The minimum Gasteiger partial charge on any atom is -0.356 e. The van der Waals surface area contributed by atoms with Crippen LogP contribution in [0.15, 0.2) is 16.7 Å². The number of halogens is 1.